The molecule has 0 radical (unpaired) electrons. The quantitative estimate of drug-likeness (QED) is 0.203. The Bertz CT molecular complexity index is 1670. The van der Waals surface area contributed by atoms with Crippen LogP contribution in [0.5, 0.6) is 17.2 Å². The molecule has 234 valence electrons. The molecule has 1 fully saturated rings. The third-order valence-electron chi connectivity index (χ3n) is 7.91. The van der Waals surface area contributed by atoms with Crippen LogP contribution in [0.25, 0.3) is 10.8 Å². The number of benzene rings is 3. The van der Waals surface area contributed by atoms with Crippen LogP contribution in [0.1, 0.15) is 53.4 Å². The van der Waals surface area contributed by atoms with E-state index >= 15 is 0 Å². The van der Waals surface area contributed by atoms with Crippen LogP contribution >= 0.6 is 0 Å². The summed E-state index contributed by atoms with van der Waals surface area (Å²) in [4.78, 5) is 44.8. The predicted molar refractivity (Wildman–Crippen MR) is 167 cm³/mol. The summed E-state index contributed by atoms with van der Waals surface area (Å²) in [6.45, 7) is -0.0841. The number of aryl methyl sites for hydroxylation is 1. The molecule has 3 aromatic carbocycles. The van der Waals surface area contributed by atoms with Gasteiger partial charge in [0.25, 0.3) is 5.91 Å². The van der Waals surface area contributed by atoms with Gasteiger partial charge < -0.3 is 29.0 Å². The Labute approximate surface area is 261 Å². The number of hydrogen-bond acceptors (Lipinski definition) is 8. The average Bonchev–Trinajstić information content (AvgIpc) is 3.08. The predicted octanol–water partition coefficient (Wildman–Crippen LogP) is 5.63. The number of ether oxygens (including phenoxy) is 4. The molecule has 10 nitrogen and oxygen atoms in total. The fourth-order valence-corrected chi connectivity index (χ4v) is 5.64. The van der Waals surface area contributed by atoms with Crippen LogP contribution in [0.15, 0.2) is 79.0 Å². The maximum absolute atomic E-state index is 13.9. The van der Waals surface area contributed by atoms with Crippen molar-refractivity contribution in [3.05, 3.63) is 95.8 Å². The van der Waals surface area contributed by atoms with Crippen molar-refractivity contribution < 1.29 is 38.4 Å². The summed E-state index contributed by atoms with van der Waals surface area (Å²) in [5, 5.41) is 10.7. The molecule has 0 unspecified atom stereocenters. The Morgan fingerprint density at radius 3 is 2.58 bits per heavy atom. The molecule has 0 bridgehead atoms. The highest BCUT2D eigenvalue weighted by molar-refractivity contribution is 6.06. The summed E-state index contributed by atoms with van der Waals surface area (Å²) in [6.07, 6.45) is 3.87. The number of nitrogens with zero attached hydrogens (tertiary/aromatic N) is 2. The molecule has 2 heterocycles. The summed E-state index contributed by atoms with van der Waals surface area (Å²) in [5.74, 6) is -0.365. The molecule has 1 amide bonds. The first-order valence-corrected chi connectivity index (χ1v) is 14.9. The summed E-state index contributed by atoms with van der Waals surface area (Å²) in [6, 6.07) is 21.1. The molecule has 0 spiro atoms. The van der Waals surface area contributed by atoms with E-state index in [0.29, 0.717) is 54.3 Å². The van der Waals surface area contributed by atoms with Gasteiger partial charge in [0, 0.05) is 18.1 Å². The maximum Gasteiger partial charge on any atom is 0.341 e. The Balaban J connectivity index is 1.40. The number of piperidine rings is 1. The molecule has 1 aliphatic rings. The fourth-order valence-electron chi connectivity index (χ4n) is 5.64. The van der Waals surface area contributed by atoms with Gasteiger partial charge in [-0.2, -0.15) is 0 Å². The van der Waals surface area contributed by atoms with Gasteiger partial charge in [0.15, 0.2) is 18.1 Å². The lowest BCUT2D eigenvalue weighted by molar-refractivity contribution is -0.156. The number of carboxylic acid groups (broad SMARTS) is 1. The van der Waals surface area contributed by atoms with Crippen molar-refractivity contribution in [3.8, 4) is 17.2 Å². The standard InChI is InChI=1S/C35H36N2O8/c1-42-30-16-14-23(20-31(30)43-2)13-15-29(25-9-7-10-26(21-25)44-22-32(38)39)45-35(41)28-12-5-6-19-37(28)34(40)33-27-11-4-3-8-24(27)17-18-36-33/h3-4,7-11,14,16-18,20-21,28-29H,5-6,12-13,15,19,22H2,1-2H3,(H,38,39)/t28-,29+/m0/s1. The largest absolute Gasteiger partial charge is 0.493 e. The van der Waals surface area contributed by atoms with Gasteiger partial charge in [-0.15, -0.1) is 0 Å². The van der Waals surface area contributed by atoms with Gasteiger partial charge in [-0.05, 0) is 78.9 Å². The van der Waals surface area contributed by atoms with E-state index in [1.54, 1.807) is 43.5 Å². The lowest BCUT2D eigenvalue weighted by Crippen LogP contribution is -2.49. The number of methoxy groups -OCH3 is 2. The number of aromatic nitrogens is 1. The number of rotatable bonds is 12. The molecule has 0 aliphatic carbocycles. The van der Waals surface area contributed by atoms with Crippen LogP contribution in [0.4, 0.5) is 0 Å². The topological polar surface area (TPSA) is 124 Å². The summed E-state index contributed by atoms with van der Waals surface area (Å²) in [5.41, 5.74) is 1.90. The van der Waals surface area contributed by atoms with E-state index in [9.17, 15) is 14.4 Å². The Morgan fingerprint density at radius 2 is 1.78 bits per heavy atom. The second-order valence-electron chi connectivity index (χ2n) is 10.8. The van der Waals surface area contributed by atoms with Gasteiger partial charge in [-0.1, -0.05) is 42.5 Å². The van der Waals surface area contributed by atoms with Crippen molar-refractivity contribution in [3.63, 3.8) is 0 Å². The zero-order valence-electron chi connectivity index (χ0n) is 25.3. The number of esters is 1. The second kappa shape index (κ2) is 14.6. The normalized spacial score (nSPS) is 15.2. The highest BCUT2D eigenvalue weighted by atomic mass is 16.5. The van der Waals surface area contributed by atoms with Crippen LogP contribution in [-0.4, -0.2) is 66.2 Å². The van der Waals surface area contributed by atoms with Crippen molar-refractivity contribution in [2.75, 3.05) is 27.4 Å². The monoisotopic (exact) mass is 612 g/mol. The summed E-state index contributed by atoms with van der Waals surface area (Å²) in [7, 11) is 3.14. The first-order valence-electron chi connectivity index (χ1n) is 14.9. The molecule has 5 rings (SSSR count). The highest BCUT2D eigenvalue weighted by Gasteiger charge is 2.36. The fraction of sp³-hybridized carbons (Fsp3) is 0.314. The van der Waals surface area contributed by atoms with E-state index in [1.165, 1.54) is 0 Å². The summed E-state index contributed by atoms with van der Waals surface area (Å²) >= 11 is 0. The number of carbonyl (C=O) groups excluding carboxylic acids is 2. The molecular formula is C35H36N2O8. The number of pyridine rings is 1. The number of likely N-dealkylation sites (tertiary alicyclic amines) is 1. The van der Waals surface area contributed by atoms with Crippen molar-refractivity contribution in [1.82, 2.24) is 9.88 Å². The number of carboxylic acids is 1. The van der Waals surface area contributed by atoms with Gasteiger partial charge in [0.1, 0.15) is 23.6 Å². The lowest BCUT2D eigenvalue weighted by Gasteiger charge is -2.35. The zero-order valence-corrected chi connectivity index (χ0v) is 25.3. The molecule has 4 aromatic rings. The Hall–Kier alpha value is -5.12. The lowest BCUT2D eigenvalue weighted by atomic mass is 9.99. The van der Waals surface area contributed by atoms with Gasteiger partial charge >= 0.3 is 11.9 Å². The van der Waals surface area contributed by atoms with E-state index in [0.717, 1.165) is 29.2 Å². The van der Waals surface area contributed by atoms with Crippen molar-refractivity contribution in [2.45, 2.75) is 44.2 Å². The average molecular weight is 613 g/mol. The van der Waals surface area contributed by atoms with Crippen LogP contribution in [-0.2, 0) is 20.7 Å². The SMILES string of the molecule is COc1ccc(CC[C@@H](OC(=O)[C@@H]2CCCCN2C(=O)c2nccc3ccccc23)c2cccc(OCC(=O)O)c2)cc1OC. The number of carbonyl (C=O) groups is 3. The van der Waals surface area contributed by atoms with E-state index in [1.807, 2.05) is 54.6 Å². The highest BCUT2D eigenvalue weighted by Crippen LogP contribution is 2.32. The van der Waals surface area contributed by atoms with Crippen LogP contribution < -0.4 is 14.2 Å². The van der Waals surface area contributed by atoms with Gasteiger partial charge in [-0.3, -0.25) is 9.78 Å². The molecule has 2 atom stereocenters. The maximum atomic E-state index is 13.9. The zero-order chi connectivity index (χ0) is 31.8. The van der Waals surface area contributed by atoms with Gasteiger partial charge in [-0.25, -0.2) is 9.59 Å². The van der Waals surface area contributed by atoms with E-state index in [4.69, 9.17) is 24.1 Å². The molecule has 0 saturated carbocycles. The number of amides is 1. The first-order chi connectivity index (χ1) is 21.9. The molecular weight excluding hydrogens is 576 g/mol. The Morgan fingerprint density at radius 1 is 0.956 bits per heavy atom. The van der Waals surface area contributed by atoms with Crippen LogP contribution in [0, 0.1) is 0 Å². The van der Waals surface area contributed by atoms with Gasteiger partial charge in [0.2, 0.25) is 0 Å². The number of aliphatic carboxylic acids is 1. The van der Waals surface area contributed by atoms with Gasteiger partial charge in [0.05, 0.1) is 14.2 Å². The minimum atomic E-state index is -1.10. The number of fused-ring (bicyclic) bond motifs is 1. The molecule has 45 heavy (non-hydrogen) atoms. The third-order valence-corrected chi connectivity index (χ3v) is 7.91. The minimum Gasteiger partial charge on any atom is -0.493 e. The second-order valence-corrected chi connectivity index (χ2v) is 10.8. The summed E-state index contributed by atoms with van der Waals surface area (Å²) < 4.78 is 22.4. The molecule has 1 aromatic heterocycles. The minimum absolute atomic E-state index is 0.306. The van der Waals surface area contributed by atoms with Crippen molar-refractivity contribution in [1.29, 1.82) is 0 Å². The molecule has 1 N–H and O–H groups in total. The van der Waals surface area contributed by atoms with Crippen LogP contribution in [0.3, 0.4) is 0 Å². The van der Waals surface area contributed by atoms with Crippen molar-refractivity contribution in [2.24, 2.45) is 0 Å². The smallest absolute Gasteiger partial charge is 0.341 e. The Kier molecular flexibility index (Phi) is 10.1. The van der Waals surface area contributed by atoms with E-state index < -0.39 is 30.7 Å². The first kappa shape index (κ1) is 31.3. The number of hydrogen-bond donors (Lipinski definition) is 1. The molecule has 10 heteroatoms. The van der Waals surface area contributed by atoms with Crippen LogP contribution in [0.2, 0.25) is 0 Å². The molecule has 1 saturated heterocycles. The van der Waals surface area contributed by atoms with E-state index in [-0.39, 0.29) is 5.91 Å². The van der Waals surface area contributed by atoms with Crippen molar-refractivity contribution >= 4 is 28.6 Å². The third kappa shape index (κ3) is 7.52. The molecule has 1 aliphatic heterocycles. The van der Waals surface area contributed by atoms with E-state index in [2.05, 4.69) is 4.98 Å².